The van der Waals surface area contributed by atoms with E-state index in [1.165, 1.54) is 20.4 Å². The molecule has 0 unspecified atom stereocenters. The van der Waals surface area contributed by atoms with E-state index < -0.39 is 11.9 Å². The number of methoxy groups -OCH3 is 2. The summed E-state index contributed by atoms with van der Waals surface area (Å²) in [6.07, 6.45) is 2.37. The molecule has 4 N–H and O–H groups in total. The Labute approximate surface area is 191 Å². The van der Waals surface area contributed by atoms with Crippen molar-refractivity contribution in [2.75, 3.05) is 24.9 Å². The van der Waals surface area contributed by atoms with Crippen molar-refractivity contribution in [3.63, 3.8) is 0 Å². The molecular formula is C22H18N4O8. The van der Waals surface area contributed by atoms with Crippen LogP contribution in [0.25, 0.3) is 11.1 Å². The second kappa shape index (κ2) is 9.24. The Kier molecular flexibility index (Phi) is 6.03. The normalized spacial score (nSPS) is 10.5. The summed E-state index contributed by atoms with van der Waals surface area (Å²) in [7, 11) is 2.97. The number of aromatic nitrogens is 2. The molecule has 0 amide bonds. The average Bonchev–Trinajstić information content (AvgIpc) is 3.49. The Morgan fingerprint density at radius 2 is 1.38 bits per heavy atom. The molecular weight excluding hydrogens is 448 g/mol. The molecule has 0 bridgehead atoms. The fourth-order valence-corrected chi connectivity index (χ4v) is 3.18. The van der Waals surface area contributed by atoms with Crippen molar-refractivity contribution in [3.05, 3.63) is 60.1 Å². The molecule has 2 heterocycles. The first-order valence-corrected chi connectivity index (χ1v) is 9.67. The van der Waals surface area contributed by atoms with Crippen LogP contribution in [-0.2, 0) is 0 Å². The van der Waals surface area contributed by atoms with Crippen molar-refractivity contribution >= 4 is 34.9 Å². The van der Waals surface area contributed by atoms with Gasteiger partial charge < -0.3 is 39.4 Å². The summed E-state index contributed by atoms with van der Waals surface area (Å²) in [5, 5.41) is 31.2. The fraction of sp³-hybridized carbons (Fsp3) is 0.0909. The maximum atomic E-state index is 11.3. The van der Waals surface area contributed by atoms with Crippen LogP contribution in [0.2, 0.25) is 0 Å². The molecule has 4 aromatic rings. The van der Waals surface area contributed by atoms with Gasteiger partial charge in [0.25, 0.3) is 5.76 Å². The van der Waals surface area contributed by atoms with Crippen LogP contribution in [-0.4, -0.2) is 46.7 Å². The van der Waals surface area contributed by atoms with Crippen LogP contribution in [0.4, 0.5) is 22.9 Å². The topological polar surface area (TPSA) is 169 Å². The van der Waals surface area contributed by atoms with E-state index >= 15 is 0 Å². The van der Waals surface area contributed by atoms with Crippen LogP contribution in [0.1, 0.15) is 20.9 Å². The van der Waals surface area contributed by atoms with Crippen LogP contribution in [0, 0.1) is 0 Å². The molecule has 0 fully saturated rings. The zero-order valence-corrected chi connectivity index (χ0v) is 17.9. The summed E-state index contributed by atoms with van der Waals surface area (Å²) < 4.78 is 20.6. The molecule has 0 atom stereocenters. The van der Waals surface area contributed by atoms with Gasteiger partial charge in [0.1, 0.15) is 22.7 Å². The average molecular weight is 466 g/mol. The van der Waals surface area contributed by atoms with Crippen molar-refractivity contribution in [2.24, 2.45) is 0 Å². The lowest BCUT2D eigenvalue weighted by atomic mass is 10.0. The Hall–Kier alpha value is -5.00. The van der Waals surface area contributed by atoms with E-state index in [1.54, 1.807) is 36.4 Å². The van der Waals surface area contributed by atoms with Gasteiger partial charge in [0, 0.05) is 0 Å². The number of nitrogens with one attached hydrogen (secondary N) is 2. The van der Waals surface area contributed by atoms with E-state index in [1.807, 2.05) is 0 Å². The first kappa shape index (κ1) is 22.2. The zero-order chi connectivity index (χ0) is 24.2. The van der Waals surface area contributed by atoms with E-state index in [0.29, 0.717) is 22.9 Å². The summed E-state index contributed by atoms with van der Waals surface area (Å²) in [6, 6.07) is 10.5. The Balaban J connectivity index is 1.62. The van der Waals surface area contributed by atoms with E-state index in [9.17, 15) is 19.8 Å². The molecule has 12 nitrogen and oxygen atoms in total. The molecule has 0 radical (unpaired) electrons. The summed E-state index contributed by atoms with van der Waals surface area (Å²) in [4.78, 5) is 22.5. The van der Waals surface area contributed by atoms with Gasteiger partial charge in [-0.2, -0.15) is 0 Å². The number of hydrogen-bond acceptors (Lipinski definition) is 10. The monoisotopic (exact) mass is 466 g/mol. The van der Waals surface area contributed by atoms with E-state index in [2.05, 4.69) is 20.9 Å². The van der Waals surface area contributed by atoms with Crippen LogP contribution >= 0.6 is 0 Å². The number of rotatable bonds is 9. The molecule has 2 aromatic carbocycles. The summed E-state index contributed by atoms with van der Waals surface area (Å²) in [5.41, 5.74) is 2.61. The van der Waals surface area contributed by atoms with E-state index in [4.69, 9.17) is 18.5 Å². The van der Waals surface area contributed by atoms with Crippen LogP contribution in [0.5, 0.6) is 11.5 Å². The van der Waals surface area contributed by atoms with Crippen molar-refractivity contribution in [1.82, 2.24) is 10.3 Å². The van der Waals surface area contributed by atoms with E-state index in [0.717, 1.165) is 17.3 Å². The molecule has 0 aliphatic heterocycles. The Morgan fingerprint density at radius 1 is 0.794 bits per heavy atom. The van der Waals surface area contributed by atoms with Gasteiger partial charge in [-0.15, -0.1) is 0 Å². The third-order valence-corrected chi connectivity index (χ3v) is 4.82. The molecule has 12 heteroatoms. The predicted octanol–water partition coefficient (Wildman–Crippen LogP) is 4.23. The van der Waals surface area contributed by atoms with Crippen LogP contribution in [0.15, 0.2) is 57.8 Å². The van der Waals surface area contributed by atoms with Gasteiger partial charge in [0.15, 0.2) is 0 Å². The number of carboxylic acids is 2. The third-order valence-electron chi connectivity index (χ3n) is 4.82. The summed E-state index contributed by atoms with van der Waals surface area (Å²) >= 11 is 0. The fourth-order valence-electron chi connectivity index (χ4n) is 3.18. The minimum Gasteiger partial charge on any atom is -0.495 e. The highest BCUT2D eigenvalue weighted by molar-refractivity contribution is 5.94. The number of ether oxygens (including phenoxy) is 2. The highest BCUT2D eigenvalue weighted by Gasteiger charge is 2.19. The molecule has 34 heavy (non-hydrogen) atoms. The van der Waals surface area contributed by atoms with Crippen LogP contribution < -0.4 is 20.1 Å². The van der Waals surface area contributed by atoms with Crippen molar-refractivity contribution in [2.45, 2.75) is 0 Å². The number of benzene rings is 2. The van der Waals surface area contributed by atoms with Crippen molar-refractivity contribution < 1.29 is 38.3 Å². The molecule has 174 valence electrons. The lowest BCUT2D eigenvalue weighted by Gasteiger charge is -2.14. The molecule has 0 saturated carbocycles. The van der Waals surface area contributed by atoms with Crippen molar-refractivity contribution in [3.8, 4) is 22.6 Å². The highest BCUT2D eigenvalue weighted by atomic mass is 16.5. The van der Waals surface area contributed by atoms with Gasteiger partial charge >= 0.3 is 11.9 Å². The highest BCUT2D eigenvalue weighted by Crippen LogP contribution is 2.37. The lowest BCUT2D eigenvalue weighted by molar-refractivity contribution is 0.0651. The maximum absolute atomic E-state index is 11.3. The number of hydrogen-bond donors (Lipinski definition) is 4. The molecule has 0 aliphatic rings. The van der Waals surface area contributed by atoms with Gasteiger partial charge in [-0.25, -0.2) is 9.59 Å². The second-order valence-electron chi connectivity index (χ2n) is 6.83. The standard InChI is InChI=1S/C22H18N4O8/c1-31-17-7-11(3-5-14(17)25-16-10-24-33-19(16)22(29)30)12-4-6-15(18(8-12)32-2)26-20-13(21(27)28)9-23-34-20/h3-10,25-26H,1-2H3,(H,27,28)(H,29,30). The second-order valence-corrected chi connectivity index (χ2v) is 6.83. The number of nitrogens with zero attached hydrogens (tertiary/aromatic N) is 2. The molecule has 2 aromatic heterocycles. The first-order valence-electron chi connectivity index (χ1n) is 9.67. The van der Waals surface area contributed by atoms with E-state index in [-0.39, 0.29) is 22.9 Å². The summed E-state index contributed by atoms with van der Waals surface area (Å²) in [5.74, 6) is -1.90. The number of anilines is 4. The van der Waals surface area contributed by atoms with Gasteiger partial charge in [-0.05, 0) is 35.4 Å². The Bertz CT molecular complexity index is 1260. The quantitative estimate of drug-likeness (QED) is 0.277. The van der Waals surface area contributed by atoms with Gasteiger partial charge in [0.2, 0.25) is 5.88 Å². The minimum atomic E-state index is -1.25. The third kappa shape index (κ3) is 4.32. The predicted molar refractivity (Wildman–Crippen MR) is 118 cm³/mol. The molecule has 0 saturated heterocycles. The lowest BCUT2D eigenvalue weighted by Crippen LogP contribution is -2.01. The SMILES string of the molecule is COc1cc(-c2ccc(Nc3oncc3C(=O)O)c(OC)c2)ccc1Nc1cnoc1C(=O)O. The van der Waals surface area contributed by atoms with Crippen LogP contribution in [0.3, 0.4) is 0 Å². The van der Waals surface area contributed by atoms with Gasteiger partial charge in [-0.3, -0.25) is 0 Å². The molecule has 4 rings (SSSR count). The smallest absolute Gasteiger partial charge is 0.376 e. The largest absolute Gasteiger partial charge is 0.495 e. The summed E-state index contributed by atoms with van der Waals surface area (Å²) in [6.45, 7) is 0. The number of carboxylic acid groups (broad SMARTS) is 2. The first-order chi connectivity index (χ1) is 16.4. The zero-order valence-electron chi connectivity index (χ0n) is 17.9. The molecule has 0 aliphatic carbocycles. The van der Waals surface area contributed by atoms with Gasteiger partial charge in [-0.1, -0.05) is 22.4 Å². The Morgan fingerprint density at radius 3 is 1.94 bits per heavy atom. The number of carbonyl (C=O) groups is 2. The maximum Gasteiger partial charge on any atom is 0.376 e. The molecule has 0 spiro atoms. The van der Waals surface area contributed by atoms with Gasteiger partial charge in [0.05, 0.1) is 38.0 Å². The van der Waals surface area contributed by atoms with Crippen molar-refractivity contribution in [1.29, 1.82) is 0 Å². The minimum absolute atomic E-state index is 0.0230. The number of aromatic carboxylic acids is 2.